The number of hydrogen-bond acceptors (Lipinski definition) is 3. The lowest BCUT2D eigenvalue weighted by molar-refractivity contribution is 0.166. The van der Waals surface area contributed by atoms with Crippen LogP contribution in [0.5, 0.6) is 0 Å². The monoisotopic (exact) mass is 343 g/mol. The largest absolute Gasteiger partial charge is 0.468 e. The number of hydrogen-bond donors (Lipinski definition) is 1. The molecule has 0 amide bonds. The van der Waals surface area contributed by atoms with Gasteiger partial charge in [0.05, 0.1) is 12.8 Å². The Morgan fingerprint density at radius 1 is 1.12 bits per heavy atom. The highest BCUT2D eigenvalue weighted by Gasteiger charge is 2.19. The quantitative estimate of drug-likeness (QED) is 0.851. The average molecular weight is 343 g/mol. The van der Waals surface area contributed by atoms with Crippen LogP contribution in [-0.4, -0.2) is 41.1 Å². The summed E-state index contributed by atoms with van der Waals surface area (Å²) in [5.74, 6) is 1.57. The highest BCUT2D eigenvalue weighted by molar-refractivity contribution is 7.80. The van der Waals surface area contributed by atoms with Gasteiger partial charge in [0.15, 0.2) is 5.11 Å². The van der Waals surface area contributed by atoms with Crippen LogP contribution in [0.1, 0.15) is 31.1 Å². The Balaban J connectivity index is 1.48. The van der Waals surface area contributed by atoms with Gasteiger partial charge in [0.1, 0.15) is 5.76 Å². The van der Waals surface area contributed by atoms with Crippen molar-refractivity contribution in [1.82, 2.24) is 9.80 Å². The molecule has 128 valence electrons. The molecule has 0 saturated carbocycles. The van der Waals surface area contributed by atoms with Crippen LogP contribution < -0.4 is 5.32 Å². The fourth-order valence-electron chi connectivity index (χ4n) is 2.89. The number of piperazine rings is 1. The van der Waals surface area contributed by atoms with Crippen molar-refractivity contribution in [3.05, 3.63) is 54.0 Å². The van der Waals surface area contributed by atoms with Crippen molar-refractivity contribution >= 4 is 23.0 Å². The third-order valence-electron chi connectivity index (χ3n) is 4.45. The van der Waals surface area contributed by atoms with E-state index in [2.05, 4.69) is 53.2 Å². The summed E-state index contributed by atoms with van der Waals surface area (Å²) in [6, 6.07) is 12.5. The Labute approximate surface area is 149 Å². The molecule has 0 unspecified atom stereocenters. The first-order valence-electron chi connectivity index (χ1n) is 8.52. The van der Waals surface area contributed by atoms with Gasteiger partial charge in [-0.3, -0.25) is 4.90 Å². The molecule has 1 aromatic heterocycles. The van der Waals surface area contributed by atoms with E-state index in [4.69, 9.17) is 16.6 Å². The predicted octanol–water partition coefficient (Wildman–Crippen LogP) is 3.92. The molecule has 0 spiro atoms. The second kappa shape index (κ2) is 7.81. The van der Waals surface area contributed by atoms with Gasteiger partial charge >= 0.3 is 0 Å². The highest BCUT2D eigenvalue weighted by atomic mass is 32.1. The molecule has 1 aliphatic rings. The van der Waals surface area contributed by atoms with Crippen LogP contribution in [0.25, 0.3) is 0 Å². The van der Waals surface area contributed by atoms with E-state index >= 15 is 0 Å². The second-order valence-electron chi connectivity index (χ2n) is 6.55. The number of benzene rings is 1. The number of anilines is 1. The van der Waals surface area contributed by atoms with E-state index in [1.807, 2.05) is 12.1 Å². The Morgan fingerprint density at radius 2 is 1.83 bits per heavy atom. The van der Waals surface area contributed by atoms with Gasteiger partial charge in [0, 0.05) is 31.9 Å². The molecule has 2 heterocycles. The zero-order chi connectivity index (χ0) is 16.9. The fourth-order valence-corrected chi connectivity index (χ4v) is 3.19. The van der Waals surface area contributed by atoms with E-state index < -0.39 is 0 Å². The molecule has 4 nitrogen and oxygen atoms in total. The topological polar surface area (TPSA) is 31.6 Å². The Hall–Kier alpha value is -1.85. The molecule has 0 atom stereocenters. The molecule has 1 N–H and O–H groups in total. The SMILES string of the molecule is CC(C)c1ccc(NC(=S)N2CCN(Cc3ccco3)CC2)cc1. The third kappa shape index (κ3) is 4.36. The minimum absolute atomic E-state index is 0.549. The number of nitrogens with zero attached hydrogens (tertiary/aromatic N) is 2. The van der Waals surface area contributed by atoms with Crippen LogP contribution in [0.4, 0.5) is 5.69 Å². The van der Waals surface area contributed by atoms with Gasteiger partial charge in [-0.1, -0.05) is 26.0 Å². The maximum atomic E-state index is 5.57. The van der Waals surface area contributed by atoms with E-state index in [1.165, 1.54) is 5.56 Å². The van der Waals surface area contributed by atoms with Gasteiger partial charge in [0.25, 0.3) is 0 Å². The van der Waals surface area contributed by atoms with Crippen LogP contribution in [-0.2, 0) is 6.54 Å². The van der Waals surface area contributed by atoms with E-state index in [1.54, 1.807) is 6.26 Å². The Morgan fingerprint density at radius 3 is 2.42 bits per heavy atom. The summed E-state index contributed by atoms with van der Waals surface area (Å²) in [7, 11) is 0. The highest BCUT2D eigenvalue weighted by Crippen LogP contribution is 2.18. The maximum Gasteiger partial charge on any atom is 0.173 e. The van der Waals surface area contributed by atoms with E-state index in [0.717, 1.165) is 49.3 Å². The van der Waals surface area contributed by atoms with Crippen LogP contribution in [0, 0.1) is 0 Å². The molecule has 0 aliphatic carbocycles. The summed E-state index contributed by atoms with van der Waals surface area (Å²) in [5.41, 5.74) is 2.40. The maximum absolute atomic E-state index is 5.57. The number of rotatable bonds is 4. The smallest absolute Gasteiger partial charge is 0.173 e. The summed E-state index contributed by atoms with van der Waals surface area (Å²) in [4.78, 5) is 4.64. The summed E-state index contributed by atoms with van der Waals surface area (Å²) in [6.45, 7) is 9.15. The summed E-state index contributed by atoms with van der Waals surface area (Å²) in [6.07, 6.45) is 1.73. The second-order valence-corrected chi connectivity index (χ2v) is 6.94. The van der Waals surface area contributed by atoms with E-state index in [-0.39, 0.29) is 0 Å². The molecule has 5 heteroatoms. The summed E-state index contributed by atoms with van der Waals surface area (Å²) >= 11 is 5.57. The van der Waals surface area contributed by atoms with Crippen molar-refractivity contribution in [2.45, 2.75) is 26.3 Å². The molecule has 0 bridgehead atoms. The standard InChI is InChI=1S/C19H25N3OS/c1-15(2)16-5-7-17(8-6-16)20-19(24)22-11-9-21(10-12-22)14-18-4-3-13-23-18/h3-8,13,15H,9-12,14H2,1-2H3,(H,20,24). The van der Waals surface area contributed by atoms with Crippen molar-refractivity contribution in [2.75, 3.05) is 31.5 Å². The lowest BCUT2D eigenvalue weighted by atomic mass is 10.0. The van der Waals surface area contributed by atoms with Gasteiger partial charge < -0.3 is 14.6 Å². The van der Waals surface area contributed by atoms with Crippen LogP contribution in [0.15, 0.2) is 47.1 Å². The minimum atomic E-state index is 0.549. The first kappa shape index (κ1) is 17.0. The summed E-state index contributed by atoms with van der Waals surface area (Å²) < 4.78 is 5.42. The van der Waals surface area contributed by atoms with E-state index in [0.29, 0.717) is 5.92 Å². The molecule has 24 heavy (non-hydrogen) atoms. The molecular weight excluding hydrogens is 318 g/mol. The third-order valence-corrected chi connectivity index (χ3v) is 4.81. The molecule has 1 saturated heterocycles. The fraction of sp³-hybridized carbons (Fsp3) is 0.421. The first-order valence-corrected chi connectivity index (χ1v) is 8.93. The normalized spacial score (nSPS) is 15.7. The number of thiocarbonyl (C=S) groups is 1. The Kier molecular flexibility index (Phi) is 5.53. The predicted molar refractivity (Wildman–Crippen MR) is 102 cm³/mol. The van der Waals surface area contributed by atoms with Gasteiger partial charge in [0.2, 0.25) is 0 Å². The van der Waals surface area contributed by atoms with Crippen molar-refractivity contribution in [3.63, 3.8) is 0 Å². The van der Waals surface area contributed by atoms with Crippen LogP contribution in [0.3, 0.4) is 0 Å². The molecule has 2 aromatic rings. The molecular formula is C19H25N3OS. The Bertz CT molecular complexity index is 644. The summed E-state index contributed by atoms with van der Waals surface area (Å²) in [5, 5.41) is 4.17. The number of nitrogens with one attached hydrogen (secondary N) is 1. The molecule has 1 fully saturated rings. The van der Waals surface area contributed by atoms with Crippen molar-refractivity contribution in [3.8, 4) is 0 Å². The molecule has 3 rings (SSSR count). The molecule has 0 radical (unpaired) electrons. The average Bonchev–Trinajstić information content (AvgIpc) is 3.09. The van der Waals surface area contributed by atoms with Gasteiger partial charge in [-0.2, -0.15) is 0 Å². The van der Waals surface area contributed by atoms with E-state index in [9.17, 15) is 0 Å². The zero-order valence-electron chi connectivity index (χ0n) is 14.4. The van der Waals surface area contributed by atoms with Crippen molar-refractivity contribution < 1.29 is 4.42 Å². The number of furan rings is 1. The minimum Gasteiger partial charge on any atom is -0.468 e. The zero-order valence-corrected chi connectivity index (χ0v) is 15.2. The lowest BCUT2D eigenvalue weighted by Crippen LogP contribution is -2.49. The van der Waals surface area contributed by atoms with Crippen LogP contribution in [0.2, 0.25) is 0 Å². The van der Waals surface area contributed by atoms with Gasteiger partial charge in [-0.05, 0) is 48.0 Å². The van der Waals surface area contributed by atoms with Crippen molar-refractivity contribution in [2.24, 2.45) is 0 Å². The van der Waals surface area contributed by atoms with Gasteiger partial charge in [-0.25, -0.2) is 0 Å². The molecule has 1 aliphatic heterocycles. The van der Waals surface area contributed by atoms with Crippen LogP contribution >= 0.6 is 12.2 Å². The first-order chi connectivity index (χ1) is 11.6. The van der Waals surface area contributed by atoms with Crippen molar-refractivity contribution in [1.29, 1.82) is 0 Å². The van der Waals surface area contributed by atoms with Gasteiger partial charge in [-0.15, -0.1) is 0 Å². The molecule has 1 aromatic carbocycles. The lowest BCUT2D eigenvalue weighted by Gasteiger charge is -2.35.